The number of halogens is 1. The molecule has 1 aliphatic carbocycles. The zero-order valence-corrected chi connectivity index (χ0v) is 21.6. The van der Waals surface area contributed by atoms with Crippen molar-refractivity contribution in [2.24, 2.45) is 0 Å². The predicted octanol–water partition coefficient (Wildman–Crippen LogP) is 3.39. The molecule has 0 bridgehead atoms. The Balaban J connectivity index is 1.65. The number of ether oxygens (including phenoxy) is 1. The second-order valence-corrected chi connectivity index (χ2v) is 10.1. The highest BCUT2D eigenvalue weighted by molar-refractivity contribution is 6.00. The second kappa shape index (κ2) is 11.1. The van der Waals surface area contributed by atoms with Crippen LogP contribution in [0.4, 0.5) is 10.1 Å². The number of nitrogens with zero attached hydrogens (tertiary/aromatic N) is 4. The molecule has 1 saturated carbocycles. The minimum atomic E-state index is -1.66. The smallest absolute Gasteiger partial charge is 0.302 e. The number of nitrogens with one attached hydrogen (secondary N) is 2. The Hall–Kier alpha value is -4.04. The average molecular weight is 523 g/mol. The molecule has 0 aromatic carbocycles. The number of aliphatic hydroxyl groups is 1. The van der Waals surface area contributed by atoms with Crippen molar-refractivity contribution in [3.63, 3.8) is 0 Å². The van der Waals surface area contributed by atoms with Gasteiger partial charge < -0.3 is 20.5 Å². The largest absolute Gasteiger partial charge is 0.462 e. The van der Waals surface area contributed by atoms with Gasteiger partial charge in [0.25, 0.3) is 5.91 Å². The van der Waals surface area contributed by atoms with Gasteiger partial charge in [-0.25, -0.2) is 8.91 Å². The summed E-state index contributed by atoms with van der Waals surface area (Å²) in [4.78, 5) is 29.0. The van der Waals surface area contributed by atoms with E-state index >= 15 is 0 Å². The third-order valence-electron chi connectivity index (χ3n) is 6.57. The third kappa shape index (κ3) is 6.26. The molecule has 0 spiro atoms. The van der Waals surface area contributed by atoms with Gasteiger partial charge in [-0.05, 0) is 57.4 Å². The Morgan fingerprint density at radius 3 is 2.82 bits per heavy atom. The van der Waals surface area contributed by atoms with Gasteiger partial charge in [0.05, 0.1) is 52.1 Å². The zero-order chi connectivity index (χ0) is 27.4. The van der Waals surface area contributed by atoms with Gasteiger partial charge in [-0.15, -0.1) is 0 Å². The predicted molar refractivity (Wildman–Crippen MR) is 138 cm³/mol. The van der Waals surface area contributed by atoms with E-state index in [9.17, 15) is 19.1 Å². The fraction of sp³-hybridized carbons (Fsp3) is 0.444. The number of anilines is 1. The van der Waals surface area contributed by atoms with Crippen molar-refractivity contribution >= 4 is 23.1 Å². The summed E-state index contributed by atoms with van der Waals surface area (Å²) in [7, 11) is 0. The first-order valence-corrected chi connectivity index (χ1v) is 12.5. The molecule has 3 aromatic rings. The van der Waals surface area contributed by atoms with Crippen LogP contribution >= 0.6 is 0 Å². The van der Waals surface area contributed by atoms with Gasteiger partial charge in [-0.1, -0.05) is 0 Å². The van der Waals surface area contributed by atoms with Crippen molar-refractivity contribution < 1.29 is 23.8 Å². The fourth-order valence-electron chi connectivity index (χ4n) is 4.52. The van der Waals surface area contributed by atoms with Crippen molar-refractivity contribution in [2.75, 3.05) is 11.9 Å². The molecular weight excluding hydrogens is 491 g/mol. The first-order valence-electron chi connectivity index (χ1n) is 12.5. The van der Waals surface area contributed by atoms with Crippen molar-refractivity contribution in [2.45, 2.75) is 70.4 Å². The Kier molecular flexibility index (Phi) is 7.92. The molecular formula is C27H31FN6O4. The quantitative estimate of drug-likeness (QED) is 0.382. The molecule has 1 aliphatic rings. The summed E-state index contributed by atoms with van der Waals surface area (Å²) in [6, 6.07) is 9.09. The van der Waals surface area contributed by atoms with E-state index in [1.165, 1.54) is 33.2 Å². The number of fused-ring (bicyclic) bond motifs is 1. The Bertz CT molecular complexity index is 1380. The van der Waals surface area contributed by atoms with E-state index in [2.05, 4.69) is 26.8 Å². The lowest BCUT2D eigenvalue weighted by Crippen LogP contribution is -2.42. The molecule has 1 fully saturated rings. The second-order valence-electron chi connectivity index (χ2n) is 10.1. The molecule has 3 atom stereocenters. The molecule has 4 rings (SSSR count). The van der Waals surface area contributed by atoms with E-state index in [4.69, 9.17) is 10.00 Å². The Labute approximate surface area is 219 Å². The van der Waals surface area contributed by atoms with Gasteiger partial charge in [0, 0.05) is 25.6 Å². The van der Waals surface area contributed by atoms with E-state index in [1.807, 2.05) is 12.1 Å². The van der Waals surface area contributed by atoms with E-state index in [0.717, 1.165) is 19.3 Å². The van der Waals surface area contributed by atoms with Crippen molar-refractivity contribution in [3.05, 3.63) is 47.8 Å². The Morgan fingerprint density at radius 2 is 2.11 bits per heavy atom. The van der Waals surface area contributed by atoms with Crippen LogP contribution in [0.25, 0.3) is 16.9 Å². The van der Waals surface area contributed by atoms with Crippen LogP contribution in [-0.4, -0.2) is 62.0 Å². The first kappa shape index (κ1) is 27.0. The number of hydrogen-bond donors (Lipinski definition) is 3. The summed E-state index contributed by atoms with van der Waals surface area (Å²) in [6.45, 7) is 3.70. The average Bonchev–Trinajstić information content (AvgIpc) is 3.29. The van der Waals surface area contributed by atoms with Gasteiger partial charge in [0.2, 0.25) is 0 Å². The Morgan fingerprint density at radius 1 is 1.32 bits per heavy atom. The highest BCUT2D eigenvalue weighted by Crippen LogP contribution is 2.29. The number of rotatable bonds is 8. The number of aromatic nitrogens is 3. The van der Waals surface area contributed by atoms with Crippen LogP contribution in [0, 0.1) is 11.3 Å². The minimum absolute atomic E-state index is 0.0689. The van der Waals surface area contributed by atoms with Gasteiger partial charge in [-0.3, -0.25) is 14.6 Å². The zero-order valence-electron chi connectivity index (χ0n) is 21.6. The normalized spacial score (nSPS) is 18.4. The lowest BCUT2D eigenvalue weighted by atomic mass is 9.92. The topological polar surface area (TPSA) is 142 Å². The molecule has 0 saturated heterocycles. The number of esters is 1. The van der Waals surface area contributed by atoms with E-state index < -0.39 is 17.7 Å². The maximum atomic E-state index is 14.3. The molecule has 3 N–H and O–H groups in total. The van der Waals surface area contributed by atoms with Crippen LogP contribution < -0.4 is 10.6 Å². The number of nitriles is 1. The maximum absolute atomic E-state index is 14.3. The monoisotopic (exact) mass is 522 g/mol. The summed E-state index contributed by atoms with van der Waals surface area (Å²) < 4.78 is 21.4. The highest BCUT2D eigenvalue weighted by Gasteiger charge is 2.28. The summed E-state index contributed by atoms with van der Waals surface area (Å²) in [5.74, 6) is -0.871. The van der Waals surface area contributed by atoms with Crippen molar-refractivity contribution in [3.8, 4) is 17.5 Å². The van der Waals surface area contributed by atoms with Crippen LogP contribution in [0.3, 0.4) is 0 Å². The maximum Gasteiger partial charge on any atom is 0.302 e. The molecule has 0 unspecified atom stereocenters. The molecule has 1 amide bonds. The fourth-order valence-corrected chi connectivity index (χ4v) is 4.52. The van der Waals surface area contributed by atoms with Crippen LogP contribution in [0.2, 0.25) is 0 Å². The lowest BCUT2D eigenvalue weighted by Gasteiger charge is -2.30. The lowest BCUT2D eigenvalue weighted by molar-refractivity contribution is -0.147. The SMILES string of the molecule is CC(=O)O[C@@H]1CCC[C@H](Nc2cc(-c3ccc4cc(C#N)cnn34)ncc2C(=O)NC[C@@H](F)C(C)(C)O)C1. The van der Waals surface area contributed by atoms with E-state index in [-0.39, 0.29) is 30.2 Å². The van der Waals surface area contributed by atoms with Gasteiger partial charge in [0.1, 0.15) is 18.3 Å². The van der Waals surface area contributed by atoms with Crippen LogP contribution in [-0.2, 0) is 9.53 Å². The number of carbonyl (C=O) groups is 2. The van der Waals surface area contributed by atoms with Gasteiger partial charge >= 0.3 is 5.97 Å². The number of pyridine rings is 1. The number of alkyl halides is 1. The highest BCUT2D eigenvalue weighted by atomic mass is 19.1. The molecule has 3 heterocycles. The number of amides is 1. The molecule has 11 heteroatoms. The van der Waals surface area contributed by atoms with E-state index in [1.54, 1.807) is 16.6 Å². The van der Waals surface area contributed by atoms with Crippen molar-refractivity contribution in [1.82, 2.24) is 19.9 Å². The van der Waals surface area contributed by atoms with Crippen LogP contribution in [0.15, 0.2) is 36.7 Å². The molecule has 200 valence electrons. The summed E-state index contributed by atoms with van der Waals surface area (Å²) in [5, 5.41) is 29.3. The van der Waals surface area contributed by atoms with Crippen LogP contribution in [0.1, 0.15) is 62.4 Å². The molecule has 38 heavy (non-hydrogen) atoms. The number of carbonyl (C=O) groups excluding carboxylic acids is 2. The summed E-state index contributed by atoms with van der Waals surface area (Å²) in [5.41, 5.74) is 1.45. The van der Waals surface area contributed by atoms with Gasteiger partial charge in [-0.2, -0.15) is 10.4 Å². The summed E-state index contributed by atoms with van der Waals surface area (Å²) >= 11 is 0. The number of hydrogen-bond acceptors (Lipinski definition) is 8. The first-order chi connectivity index (χ1) is 18.0. The van der Waals surface area contributed by atoms with Crippen molar-refractivity contribution in [1.29, 1.82) is 5.26 Å². The third-order valence-corrected chi connectivity index (χ3v) is 6.57. The summed E-state index contributed by atoms with van der Waals surface area (Å²) in [6.07, 6.45) is 4.01. The minimum Gasteiger partial charge on any atom is -0.462 e. The molecule has 0 aliphatic heterocycles. The van der Waals surface area contributed by atoms with E-state index in [0.29, 0.717) is 34.6 Å². The van der Waals surface area contributed by atoms with Gasteiger partial charge in [0.15, 0.2) is 0 Å². The molecule has 10 nitrogen and oxygen atoms in total. The standard InChI is InChI=1S/C27H31FN6O4/c1-16(35)38-20-6-4-5-18(10-20)33-22-11-23(24-8-7-19-9-17(12-29)13-32-34(19)24)30-14-21(22)26(36)31-15-25(28)27(2,3)37/h7-9,11,13-14,18,20,25,37H,4-6,10,15H2,1-3H3,(H,30,33)(H,31,36)/t18-,20+,25+/m0/s1. The molecule has 3 aromatic heterocycles. The van der Waals surface area contributed by atoms with Crippen LogP contribution in [0.5, 0.6) is 0 Å². The molecule has 0 radical (unpaired) electrons.